The maximum absolute atomic E-state index is 12.9. The number of amides is 2. The first-order valence-electron chi connectivity index (χ1n) is 14.3. The molecular formula is C31H41N3O3. The Kier molecular flexibility index (Phi) is 7.02. The molecule has 6 heteroatoms. The Morgan fingerprint density at radius 2 is 1.43 bits per heavy atom. The van der Waals surface area contributed by atoms with Gasteiger partial charge in [-0.3, -0.25) is 4.90 Å². The molecule has 6 nitrogen and oxygen atoms in total. The zero-order valence-corrected chi connectivity index (χ0v) is 22.3. The smallest absolute Gasteiger partial charge is 0.315 e. The highest BCUT2D eigenvalue weighted by Crippen LogP contribution is 2.53. The van der Waals surface area contributed by atoms with E-state index in [1.54, 1.807) is 25.3 Å². The minimum atomic E-state index is -0.0230. The van der Waals surface area contributed by atoms with E-state index >= 15 is 0 Å². The van der Waals surface area contributed by atoms with Gasteiger partial charge in [0.2, 0.25) is 0 Å². The Hall–Kier alpha value is -2.73. The van der Waals surface area contributed by atoms with E-state index in [0.717, 1.165) is 55.1 Å². The molecule has 1 saturated heterocycles. The molecule has 0 radical (unpaired) electrons. The molecule has 1 saturated carbocycles. The predicted octanol–water partition coefficient (Wildman–Crippen LogP) is 5.70. The van der Waals surface area contributed by atoms with Crippen LogP contribution < -0.4 is 20.1 Å². The van der Waals surface area contributed by atoms with Crippen LogP contribution in [0.2, 0.25) is 0 Å². The quantitative estimate of drug-likeness (QED) is 0.509. The van der Waals surface area contributed by atoms with Crippen molar-refractivity contribution in [3.8, 4) is 11.5 Å². The second-order valence-corrected chi connectivity index (χ2v) is 11.5. The van der Waals surface area contributed by atoms with Gasteiger partial charge in [0.25, 0.3) is 0 Å². The highest BCUT2D eigenvalue weighted by Gasteiger charge is 2.43. The summed E-state index contributed by atoms with van der Waals surface area (Å²) in [6, 6.07) is 14.7. The van der Waals surface area contributed by atoms with Crippen molar-refractivity contribution in [2.75, 3.05) is 20.8 Å². The molecular weight excluding hydrogens is 462 g/mol. The molecule has 6 rings (SSSR count). The largest absolute Gasteiger partial charge is 0.496 e. The van der Waals surface area contributed by atoms with Gasteiger partial charge in [0.05, 0.1) is 14.2 Å². The number of hydrogen-bond donors (Lipinski definition) is 2. The topological polar surface area (TPSA) is 62.8 Å². The van der Waals surface area contributed by atoms with E-state index in [-0.39, 0.29) is 18.1 Å². The number of nitrogens with one attached hydrogen (secondary N) is 2. The van der Waals surface area contributed by atoms with Gasteiger partial charge in [-0.25, -0.2) is 4.79 Å². The van der Waals surface area contributed by atoms with Crippen LogP contribution in [0.5, 0.6) is 11.5 Å². The molecule has 2 aliphatic heterocycles. The molecule has 2 amide bonds. The van der Waals surface area contributed by atoms with Crippen LogP contribution in [0.15, 0.2) is 36.4 Å². The lowest BCUT2D eigenvalue weighted by atomic mass is 9.84. The van der Waals surface area contributed by atoms with Gasteiger partial charge in [-0.15, -0.1) is 0 Å². The summed E-state index contributed by atoms with van der Waals surface area (Å²) >= 11 is 0. The lowest BCUT2D eigenvalue weighted by molar-refractivity contribution is 0.185. The summed E-state index contributed by atoms with van der Waals surface area (Å²) in [5.74, 6) is 2.57. The first-order chi connectivity index (χ1) is 18.1. The number of carbonyl (C=O) groups is 1. The zero-order valence-electron chi connectivity index (χ0n) is 22.3. The van der Waals surface area contributed by atoms with Gasteiger partial charge in [0.15, 0.2) is 0 Å². The highest BCUT2D eigenvalue weighted by atomic mass is 16.5. The summed E-state index contributed by atoms with van der Waals surface area (Å²) in [5.41, 5.74) is 5.53. The minimum Gasteiger partial charge on any atom is -0.496 e. The second-order valence-electron chi connectivity index (χ2n) is 11.5. The third-order valence-corrected chi connectivity index (χ3v) is 9.52. The third-order valence-electron chi connectivity index (χ3n) is 9.52. The number of nitrogens with zero attached hydrogens (tertiary/aromatic N) is 1. The molecule has 2 aliphatic carbocycles. The third kappa shape index (κ3) is 4.81. The van der Waals surface area contributed by atoms with Crippen LogP contribution in [0.25, 0.3) is 0 Å². The molecule has 2 N–H and O–H groups in total. The lowest BCUT2D eigenvalue weighted by Crippen LogP contribution is -2.48. The fourth-order valence-electron chi connectivity index (χ4n) is 7.62. The maximum atomic E-state index is 12.9. The standard InChI is InChI=1S/C31H41N3O3/c1-36-29-15-16-30(37-2)26-19-22(11-12-25(26)29)33-31(35)32-21-9-7-20(8-10-21)17-18-34-27-13-14-28(34)24-6-4-3-5-23(24)27/h3-6,15-16,20-22,27-28H,7-14,17-19H2,1-2H3,(H2,32,33,35). The Labute approximate surface area is 221 Å². The summed E-state index contributed by atoms with van der Waals surface area (Å²) in [5, 5.41) is 6.52. The normalized spacial score (nSPS) is 28.3. The zero-order chi connectivity index (χ0) is 25.4. The van der Waals surface area contributed by atoms with Crippen molar-refractivity contribution in [2.24, 2.45) is 5.92 Å². The van der Waals surface area contributed by atoms with E-state index in [2.05, 4.69) is 39.8 Å². The Morgan fingerprint density at radius 1 is 0.811 bits per heavy atom. The monoisotopic (exact) mass is 503 g/mol. The van der Waals surface area contributed by atoms with Gasteiger partial charge in [-0.05, 0) is 99.9 Å². The molecule has 4 aliphatic rings. The average molecular weight is 504 g/mol. The van der Waals surface area contributed by atoms with Crippen molar-refractivity contribution in [3.63, 3.8) is 0 Å². The van der Waals surface area contributed by atoms with Gasteiger partial charge in [-0.2, -0.15) is 0 Å². The molecule has 3 unspecified atom stereocenters. The van der Waals surface area contributed by atoms with Crippen molar-refractivity contribution in [2.45, 2.75) is 88.4 Å². The number of urea groups is 1. The van der Waals surface area contributed by atoms with Crippen molar-refractivity contribution in [1.29, 1.82) is 0 Å². The molecule has 37 heavy (non-hydrogen) atoms. The van der Waals surface area contributed by atoms with Crippen LogP contribution in [-0.2, 0) is 12.8 Å². The maximum Gasteiger partial charge on any atom is 0.315 e. The van der Waals surface area contributed by atoms with E-state index in [0.29, 0.717) is 12.1 Å². The molecule has 3 atom stereocenters. The number of ether oxygens (including phenoxy) is 2. The van der Waals surface area contributed by atoms with E-state index in [9.17, 15) is 4.79 Å². The molecule has 0 spiro atoms. The molecule has 2 heterocycles. The Morgan fingerprint density at radius 3 is 2.08 bits per heavy atom. The highest BCUT2D eigenvalue weighted by molar-refractivity contribution is 5.74. The van der Waals surface area contributed by atoms with E-state index in [1.807, 2.05) is 12.1 Å². The number of hydrogen-bond acceptors (Lipinski definition) is 4. The van der Waals surface area contributed by atoms with Gasteiger partial charge in [0.1, 0.15) is 11.5 Å². The molecule has 0 aromatic heterocycles. The number of fused-ring (bicyclic) bond motifs is 6. The van der Waals surface area contributed by atoms with E-state index in [4.69, 9.17) is 9.47 Å². The van der Waals surface area contributed by atoms with Crippen LogP contribution in [0.4, 0.5) is 4.79 Å². The van der Waals surface area contributed by atoms with Crippen LogP contribution in [-0.4, -0.2) is 43.8 Å². The average Bonchev–Trinajstić information content (AvgIpc) is 3.48. The van der Waals surface area contributed by atoms with Crippen LogP contribution in [0.3, 0.4) is 0 Å². The summed E-state index contributed by atoms with van der Waals surface area (Å²) in [7, 11) is 3.42. The van der Waals surface area contributed by atoms with Crippen LogP contribution >= 0.6 is 0 Å². The summed E-state index contributed by atoms with van der Waals surface area (Å²) < 4.78 is 11.1. The summed E-state index contributed by atoms with van der Waals surface area (Å²) in [4.78, 5) is 15.6. The second kappa shape index (κ2) is 10.6. The van der Waals surface area contributed by atoms with Gasteiger partial charge >= 0.3 is 6.03 Å². The number of rotatable bonds is 7. The minimum absolute atomic E-state index is 0.0230. The van der Waals surface area contributed by atoms with Gasteiger partial charge < -0.3 is 20.1 Å². The Bertz CT molecular complexity index is 1100. The number of methoxy groups -OCH3 is 2. The number of carbonyl (C=O) groups excluding carboxylic acids is 1. The van der Waals surface area contributed by atoms with Crippen molar-refractivity contribution >= 4 is 6.03 Å². The SMILES string of the molecule is COc1ccc(OC)c2c1CCC(NC(=O)NC1CCC(CCN3C4CCC3c3ccccc34)CC1)C2. The lowest BCUT2D eigenvalue weighted by Gasteiger charge is -2.32. The summed E-state index contributed by atoms with van der Waals surface area (Å²) in [6.45, 7) is 1.21. The number of benzene rings is 2. The first-order valence-corrected chi connectivity index (χ1v) is 14.3. The van der Waals surface area contributed by atoms with E-state index in [1.165, 1.54) is 44.2 Å². The predicted molar refractivity (Wildman–Crippen MR) is 145 cm³/mol. The van der Waals surface area contributed by atoms with Gasteiger partial charge in [0, 0.05) is 35.3 Å². The van der Waals surface area contributed by atoms with Gasteiger partial charge in [-0.1, -0.05) is 24.3 Å². The van der Waals surface area contributed by atoms with Crippen molar-refractivity contribution in [3.05, 3.63) is 58.7 Å². The molecule has 2 aromatic rings. The van der Waals surface area contributed by atoms with Crippen LogP contribution in [0.1, 0.15) is 85.7 Å². The van der Waals surface area contributed by atoms with Crippen molar-refractivity contribution in [1.82, 2.24) is 15.5 Å². The molecule has 198 valence electrons. The van der Waals surface area contributed by atoms with Crippen molar-refractivity contribution < 1.29 is 14.3 Å². The molecule has 2 fully saturated rings. The summed E-state index contributed by atoms with van der Waals surface area (Å²) in [6.07, 6.45) is 11.1. The molecule has 2 bridgehead atoms. The molecule has 2 aromatic carbocycles. The fraction of sp³-hybridized carbons (Fsp3) is 0.581. The van der Waals surface area contributed by atoms with E-state index < -0.39 is 0 Å². The Balaban J connectivity index is 0.949. The fourth-order valence-corrected chi connectivity index (χ4v) is 7.62. The van der Waals surface area contributed by atoms with Crippen LogP contribution in [0, 0.1) is 5.92 Å². The first kappa shape index (κ1) is 24.6.